The molecule has 6 nitrogen and oxygen atoms in total. The van der Waals surface area contributed by atoms with Crippen LogP contribution in [0.5, 0.6) is 0 Å². The lowest BCUT2D eigenvalue weighted by Crippen LogP contribution is -2.15. The van der Waals surface area contributed by atoms with Crippen molar-refractivity contribution in [1.29, 1.82) is 0 Å². The largest absolute Gasteiger partial charge is 0.384 e. The van der Waals surface area contributed by atoms with Crippen LogP contribution in [0.4, 0.5) is 5.82 Å². The van der Waals surface area contributed by atoms with Crippen molar-refractivity contribution >= 4 is 46.3 Å². The molecular weight excluding hydrogens is 396 g/mol. The van der Waals surface area contributed by atoms with Crippen LogP contribution in [-0.2, 0) is 6.42 Å². The fraction of sp³-hybridized carbons (Fsp3) is 0.100. The predicted molar refractivity (Wildman–Crippen MR) is 113 cm³/mol. The molecule has 0 radical (unpaired) electrons. The summed E-state index contributed by atoms with van der Waals surface area (Å²) in [4.78, 5) is 33.6. The molecule has 2 aromatic heterocycles. The second-order valence-electron chi connectivity index (χ2n) is 5.88. The van der Waals surface area contributed by atoms with Gasteiger partial charge in [0.1, 0.15) is 11.7 Å². The molecule has 3 N–H and O–H groups in total. The molecule has 1 amide bonds. The van der Waals surface area contributed by atoms with Crippen molar-refractivity contribution < 1.29 is 9.59 Å². The molecule has 3 aromatic rings. The minimum absolute atomic E-state index is 0.0874. The Morgan fingerprint density at radius 1 is 1.14 bits per heavy atom. The number of aromatic nitrogens is 1. The molecule has 2 heterocycles. The highest BCUT2D eigenvalue weighted by atomic mass is 35.5. The number of hydrogen-bond donors (Lipinski definition) is 2. The van der Waals surface area contributed by atoms with Gasteiger partial charge >= 0.3 is 0 Å². The van der Waals surface area contributed by atoms with Gasteiger partial charge in [0.25, 0.3) is 5.91 Å². The summed E-state index contributed by atoms with van der Waals surface area (Å²) in [6, 6.07) is 12.0. The third kappa shape index (κ3) is 4.62. The number of aliphatic imine (C=N–C) groups is 1. The number of nitrogens with two attached hydrogens (primary N) is 1. The van der Waals surface area contributed by atoms with E-state index in [1.807, 2.05) is 0 Å². The Bertz CT molecular complexity index is 1030. The molecule has 3 rings (SSSR count). The Morgan fingerprint density at radius 2 is 1.86 bits per heavy atom. The van der Waals surface area contributed by atoms with E-state index in [1.54, 1.807) is 54.9 Å². The van der Waals surface area contributed by atoms with Gasteiger partial charge in [-0.3, -0.25) is 14.6 Å². The number of amides is 1. The third-order valence-electron chi connectivity index (χ3n) is 4.02. The minimum atomic E-state index is -0.310. The van der Waals surface area contributed by atoms with Crippen LogP contribution >= 0.6 is 22.9 Å². The van der Waals surface area contributed by atoms with Gasteiger partial charge in [-0.05, 0) is 29.1 Å². The van der Waals surface area contributed by atoms with E-state index >= 15 is 0 Å². The van der Waals surface area contributed by atoms with E-state index in [4.69, 9.17) is 17.3 Å². The lowest BCUT2D eigenvalue weighted by molar-refractivity contribution is 0.0993. The topological polar surface area (TPSA) is 97.4 Å². The number of pyridine rings is 1. The van der Waals surface area contributed by atoms with E-state index in [-0.39, 0.29) is 18.1 Å². The minimum Gasteiger partial charge on any atom is -0.384 e. The van der Waals surface area contributed by atoms with Crippen LogP contribution in [0.1, 0.15) is 31.2 Å². The number of hydrogen-bond acceptors (Lipinski definition) is 5. The second kappa shape index (κ2) is 8.77. The highest BCUT2D eigenvalue weighted by molar-refractivity contribution is 7.12. The highest BCUT2D eigenvalue weighted by Gasteiger charge is 2.17. The number of halogens is 1. The molecule has 0 aliphatic heterocycles. The Kier molecular flexibility index (Phi) is 6.18. The summed E-state index contributed by atoms with van der Waals surface area (Å²) in [7, 11) is 1.61. The zero-order chi connectivity index (χ0) is 20.1. The average molecular weight is 413 g/mol. The van der Waals surface area contributed by atoms with Crippen LogP contribution in [0.15, 0.2) is 59.0 Å². The molecule has 0 saturated carbocycles. The molecular formula is C20H17ClN4O2S. The summed E-state index contributed by atoms with van der Waals surface area (Å²) in [6.45, 7) is 0. The quantitative estimate of drug-likeness (QED) is 0.365. The van der Waals surface area contributed by atoms with E-state index in [0.717, 1.165) is 5.56 Å². The molecule has 0 spiro atoms. The van der Waals surface area contributed by atoms with E-state index < -0.39 is 0 Å². The summed E-state index contributed by atoms with van der Waals surface area (Å²) >= 11 is 7.08. The summed E-state index contributed by atoms with van der Waals surface area (Å²) in [5.74, 6) is 0.406. The first-order chi connectivity index (χ1) is 13.5. The molecule has 28 heavy (non-hydrogen) atoms. The number of ketones is 1. The number of anilines is 1. The molecule has 0 bridgehead atoms. The van der Waals surface area contributed by atoms with Gasteiger partial charge in [-0.25, -0.2) is 4.98 Å². The maximum absolute atomic E-state index is 12.6. The van der Waals surface area contributed by atoms with Gasteiger partial charge in [-0.15, -0.1) is 11.3 Å². The highest BCUT2D eigenvalue weighted by Crippen LogP contribution is 2.21. The summed E-state index contributed by atoms with van der Waals surface area (Å²) in [6.07, 6.45) is 1.58. The Balaban J connectivity index is 1.71. The Labute approximate surface area is 171 Å². The van der Waals surface area contributed by atoms with Gasteiger partial charge in [0.05, 0.1) is 9.90 Å². The van der Waals surface area contributed by atoms with Crippen LogP contribution < -0.4 is 11.1 Å². The zero-order valence-corrected chi connectivity index (χ0v) is 16.6. The monoisotopic (exact) mass is 412 g/mol. The Hall–Kier alpha value is -3.03. The molecule has 0 aliphatic carbocycles. The van der Waals surface area contributed by atoms with Gasteiger partial charge in [-0.2, -0.15) is 0 Å². The number of thiophene rings is 1. The number of carbonyl (C=O) groups excluding carboxylic acids is 2. The number of amidine groups is 1. The van der Waals surface area contributed by atoms with E-state index in [1.165, 1.54) is 17.5 Å². The standard InChI is InChI=1S/C20H17ClN4O2S/c1-23-19(22)13-4-2-12(3-5-13)16(26)10-14-8-9-28-18(14)20(27)25-17-7-6-15(21)11-24-17/h2-9,11H,10H2,1H3,(H2,22,23)(H,24,25,27). The lowest BCUT2D eigenvalue weighted by Gasteiger charge is -2.06. The first kappa shape index (κ1) is 19.7. The SMILES string of the molecule is CN=C(N)c1ccc(C(=O)Cc2ccsc2C(=O)Nc2ccc(Cl)cn2)cc1. The number of rotatable bonds is 6. The maximum atomic E-state index is 12.6. The van der Waals surface area contributed by atoms with Crippen LogP contribution in [0.3, 0.4) is 0 Å². The van der Waals surface area contributed by atoms with E-state index in [0.29, 0.717) is 32.7 Å². The molecule has 142 valence electrons. The number of nitrogens with one attached hydrogen (secondary N) is 1. The maximum Gasteiger partial charge on any atom is 0.267 e. The fourth-order valence-corrected chi connectivity index (χ4v) is 3.46. The number of carbonyl (C=O) groups is 2. The molecule has 0 fully saturated rings. The molecule has 0 aliphatic rings. The summed E-state index contributed by atoms with van der Waals surface area (Å²) < 4.78 is 0. The van der Waals surface area contributed by atoms with Crippen LogP contribution in [0, 0.1) is 0 Å². The molecule has 8 heteroatoms. The van der Waals surface area contributed by atoms with E-state index in [2.05, 4.69) is 15.3 Å². The van der Waals surface area contributed by atoms with Crippen molar-refractivity contribution in [2.24, 2.45) is 10.7 Å². The van der Waals surface area contributed by atoms with Gasteiger partial charge in [0, 0.05) is 30.8 Å². The van der Waals surface area contributed by atoms with Gasteiger partial charge < -0.3 is 11.1 Å². The van der Waals surface area contributed by atoms with Gasteiger partial charge in [0.15, 0.2) is 5.78 Å². The number of benzene rings is 1. The van der Waals surface area contributed by atoms with Crippen molar-refractivity contribution in [3.63, 3.8) is 0 Å². The van der Waals surface area contributed by atoms with Crippen molar-refractivity contribution in [2.75, 3.05) is 12.4 Å². The van der Waals surface area contributed by atoms with E-state index in [9.17, 15) is 9.59 Å². The molecule has 0 unspecified atom stereocenters. The smallest absolute Gasteiger partial charge is 0.267 e. The number of nitrogens with zero attached hydrogens (tertiary/aromatic N) is 2. The van der Waals surface area contributed by atoms with Gasteiger partial charge in [-0.1, -0.05) is 35.9 Å². The molecule has 0 saturated heterocycles. The van der Waals surface area contributed by atoms with Crippen LogP contribution in [0.2, 0.25) is 5.02 Å². The van der Waals surface area contributed by atoms with Gasteiger partial charge in [0.2, 0.25) is 0 Å². The first-order valence-electron chi connectivity index (χ1n) is 8.33. The third-order valence-corrected chi connectivity index (χ3v) is 5.20. The van der Waals surface area contributed by atoms with Crippen molar-refractivity contribution in [1.82, 2.24) is 4.98 Å². The van der Waals surface area contributed by atoms with Crippen LogP contribution in [0.25, 0.3) is 0 Å². The lowest BCUT2D eigenvalue weighted by atomic mass is 10.0. The first-order valence-corrected chi connectivity index (χ1v) is 9.59. The van der Waals surface area contributed by atoms with Crippen molar-refractivity contribution in [2.45, 2.75) is 6.42 Å². The summed E-state index contributed by atoms with van der Waals surface area (Å²) in [5, 5.41) is 4.99. The van der Waals surface area contributed by atoms with Crippen molar-refractivity contribution in [3.8, 4) is 0 Å². The molecule has 1 aromatic carbocycles. The molecule has 0 atom stereocenters. The Morgan fingerprint density at radius 3 is 2.50 bits per heavy atom. The second-order valence-corrected chi connectivity index (χ2v) is 7.23. The zero-order valence-electron chi connectivity index (χ0n) is 15.0. The number of Topliss-reactive ketones (excluding diaryl/α,β-unsaturated/α-hetero) is 1. The van der Waals surface area contributed by atoms with Crippen molar-refractivity contribution in [3.05, 3.63) is 80.6 Å². The normalized spacial score (nSPS) is 11.3. The van der Waals surface area contributed by atoms with Crippen LogP contribution in [-0.4, -0.2) is 29.6 Å². The summed E-state index contributed by atoms with van der Waals surface area (Å²) in [5.41, 5.74) is 7.73. The predicted octanol–water partition coefficient (Wildman–Crippen LogP) is 3.81. The average Bonchev–Trinajstić information content (AvgIpc) is 3.17. The fourth-order valence-electron chi connectivity index (χ4n) is 2.53.